The van der Waals surface area contributed by atoms with Crippen LogP contribution in [0.2, 0.25) is 0 Å². The summed E-state index contributed by atoms with van der Waals surface area (Å²) >= 11 is 0. The summed E-state index contributed by atoms with van der Waals surface area (Å²) in [5, 5.41) is 3.62. The van der Waals surface area contributed by atoms with Crippen LogP contribution in [0.25, 0.3) is 0 Å². The van der Waals surface area contributed by atoms with Gasteiger partial charge in [-0.1, -0.05) is 6.42 Å². The van der Waals surface area contributed by atoms with Crippen molar-refractivity contribution in [2.75, 3.05) is 6.54 Å². The Morgan fingerprint density at radius 2 is 1.87 bits per heavy atom. The molecular formula is C14H25N. The Balaban J connectivity index is 2.35. The van der Waals surface area contributed by atoms with Gasteiger partial charge in [0.1, 0.15) is 0 Å². The zero-order chi connectivity index (χ0) is 11.3. The zero-order valence-electron chi connectivity index (χ0n) is 10.7. The molecule has 0 radical (unpaired) electrons. The molecule has 0 aromatic carbocycles. The van der Waals surface area contributed by atoms with Gasteiger partial charge in [-0.05, 0) is 58.9 Å². The lowest BCUT2D eigenvalue weighted by molar-refractivity contribution is 0.321. The third-order valence-corrected chi connectivity index (χ3v) is 3.25. The van der Waals surface area contributed by atoms with Crippen LogP contribution in [0.15, 0.2) is 0 Å². The quantitative estimate of drug-likeness (QED) is 0.701. The number of hydrogen-bond acceptors (Lipinski definition) is 1. The second kappa shape index (κ2) is 5.56. The van der Waals surface area contributed by atoms with Gasteiger partial charge in [0, 0.05) is 12.0 Å². The minimum Gasteiger partial charge on any atom is -0.312 e. The van der Waals surface area contributed by atoms with Gasteiger partial charge in [0.15, 0.2) is 0 Å². The fourth-order valence-corrected chi connectivity index (χ4v) is 2.32. The van der Waals surface area contributed by atoms with Crippen LogP contribution >= 0.6 is 0 Å². The van der Waals surface area contributed by atoms with Crippen LogP contribution < -0.4 is 5.32 Å². The second-order valence-corrected chi connectivity index (χ2v) is 5.71. The summed E-state index contributed by atoms with van der Waals surface area (Å²) in [7, 11) is 0. The molecule has 1 aliphatic rings. The molecule has 1 saturated carbocycles. The largest absolute Gasteiger partial charge is 0.312 e. The van der Waals surface area contributed by atoms with Crippen LogP contribution in [0.3, 0.4) is 0 Å². The third kappa shape index (κ3) is 4.71. The lowest BCUT2D eigenvalue weighted by Gasteiger charge is -2.25. The van der Waals surface area contributed by atoms with Crippen molar-refractivity contribution in [2.24, 2.45) is 11.8 Å². The van der Waals surface area contributed by atoms with E-state index in [-0.39, 0.29) is 5.54 Å². The highest BCUT2D eigenvalue weighted by atomic mass is 14.9. The lowest BCUT2D eigenvalue weighted by atomic mass is 9.92. The maximum Gasteiger partial charge on any atom is 0.0120 e. The highest BCUT2D eigenvalue weighted by molar-refractivity contribution is 4.98. The Hall–Kier alpha value is -0.480. The Bertz CT molecular complexity index is 238. The SMILES string of the molecule is CC#CCC1CCCC1CNC(C)(C)C. The van der Waals surface area contributed by atoms with Crippen molar-refractivity contribution in [3.63, 3.8) is 0 Å². The van der Waals surface area contributed by atoms with Crippen molar-refractivity contribution >= 4 is 0 Å². The van der Waals surface area contributed by atoms with E-state index in [1.807, 2.05) is 6.92 Å². The smallest absolute Gasteiger partial charge is 0.0120 e. The summed E-state index contributed by atoms with van der Waals surface area (Å²) in [4.78, 5) is 0. The first-order valence-corrected chi connectivity index (χ1v) is 6.17. The van der Waals surface area contributed by atoms with Gasteiger partial charge in [0.05, 0.1) is 0 Å². The van der Waals surface area contributed by atoms with Crippen LogP contribution in [-0.2, 0) is 0 Å². The summed E-state index contributed by atoms with van der Waals surface area (Å²) < 4.78 is 0. The highest BCUT2D eigenvalue weighted by Crippen LogP contribution is 2.33. The first-order chi connectivity index (χ1) is 7.03. The molecule has 0 bridgehead atoms. The van der Waals surface area contributed by atoms with Crippen LogP contribution in [0, 0.1) is 23.7 Å². The Morgan fingerprint density at radius 1 is 1.20 bits per heavy atom. The first kappa shape index (κ1) is 12.6. The minimum absolute atomic E-state index is 0.254. The van der Waals surface area contributed by atoms with E-state index in [1.165, 1.54) is 25.8 Å². The number of hydrogen-bond donors (Lipinski definition) is 1. The molecule has 2 unspecified atom stereocenters. The van der Waals surface area contributed by atoms with Gasteiger partial charge in [0.25, 0.3) is 0 Å². The average Bonchev–Trinajstić information content (AvgIpc) is 2.57. The molecule has 2 atom stereocenters. The maximum absolute atomic E-state index is 3.62. The molecule has 1 nitrogen and oxygen atoms in total. The van der Waals surface area contributed by atoms with E-state index < -0.39 is 0 Å². The van der Waals surface area contributed by atoms with Crippen molar-refractivity contribution in [3.8, 4) is 11.8 Å². The van der Waals surface area contributed by atoms with Crippen molar-refractivity contribution in [1.29, 1.82) is 0 Å². The maximum atomic E-state index is 3.62. The summed E-state index contributed by atoms with van der Waals surface area (Å²) in [6, 6.07) is 0. The molecule has 0 aromatic heterocycles. The van der Waals surface area contributed by atoms with Crippen molar-refractivity contribution in [1.82, 2.24) is 5.32 Å². The molecule has 0 amide bonds. The van der Waals surface area contributed by atoms with Crippen LogP contribution in [-0.4, -0.2) is 12.1 Å². The van der Waals surface area contributed by atoms with Gasteiger partial charge in [-0.25, -0.2) is 0 Å². The van der Waals surface area contributed by atoms with E-state index in [9.17, 15) is 0 Å². The average molecular weight is 207 g/mol. The predicted octanol–water partition coefficient (Wildman–Crippen LogP) is 3.20. The minimum atomic E-state index is 0.254. The standard InChI is InChI=1S/C14H25N/c1-5-6-8-12-9-7-10-13(12)11-15-14(2,3)4/h12-13,15H,7-11H2,1-4H3. The second-order valence-electron chi connectivity index (χ2n) is 5.71. The highest BCUT2D eigenvalue weighted by Gasteiger charge is 2.27. The van der Waals surface area contributed by atoms with Crippen LogP contribution in [0.5, 0.6) is 0 Å². The molecule has 0 spiro atoms. The predicted molar refractivity (Wildman–Crippen MR) is 66.7 cm³/mol. The number of rotatable bonds is 3. The summed E-state index contributed by atoms with van der Waals surface area (Å²) in [5.41, 5.74) is 0.254. The third-order valence-electron chi connectivity index (χ3n) is 3.25. The van der Waals surface area contributed by atoms with Crippen molar-refractivity contribution in [3.05, 3.63) is 0 Å². The zero-order valence-corrected chi connectivity index (χ0v) is 10.7. The Labute approximate surface area is 95.0 Å². The van der Waals surface area contributed by atoms with Gasteiger partial charge < -0.3 is 5.32 Å². The topological polar surface area (TPSA) is 12.0 Å². The molecule has 0 saturated heterocycles. The van der Waals surface area contributed by atoms with Gasteiger partial charge in [-0.15, -0.1) is 11.8 Å². The van der Waals surface area contributed by atoms with Crippen molar-refractivity contribution < 1.29 is 0 Å². The monoisotopic (exact) mass is 207 g/mol. The Kier molecular flexibility index (Phi) is 4.67. The molecule has 0 aliphatic heterocycles. The van der Waals surface area contributed by atoms with E-state index in [0.29, 0.717) is 0 Å². The fourth-order valence-electron chi connectivity index (χ4n) is 2.32. The molecule has 15 heavy (non-hydrogen) atoms. The molecule has 1 N–H and O–H groups in total. The summed E-state index contributed by atoms with van der Waals surface area (Å²) in [6.45, 7) is 9.82. The number of nitrogens with one attached hydrogen (secondary N) is 1. The molecule has 86 valence electrons. The molecule has 1 heteroatoms. The fraction of sp³-hybridized carbons (Fsp3) is 0.857. The summed E-state index contributed by atoms with van der Waals surface area (Å²) in [6.07, 6.45) is 5.27. The van der Waals surface area contributed by atoms with E-state index >= 15 is 0 Å². The van der Waals surface area contributed by atoms with E-state index in [2.05, 4.69) is 37.9 Å². The molecule has 0 aromatic rings. The van der Waals surface area contributed by atoms with Gasteiger partial charge in [-0.2, -0.15) is 0 Å². The van der Waals surface area contributed by atoms with Crippen molar-refractivity contribution in [2.45, 2.75) is 58.9 Å². The Morgan fingerprint density at radius 3 is 2.47 bits per heavy atom. The molecule has 1 fully saturated rings. The van der Waals surface area contributed by atoms with E-state index in [1.54, 1.807) is 0 Å². The van der Waals surface area contributed by atoms with Gasteiger partial charge in [-0.3, -0.25) is 0 Å². The normalized spacial score (nSPS) is 26.1. The van der Waals surface area contributed by atoms with Gasteiger partial charge in [0.2, 0.25) is 0 Å². The molecule has 1 aliphatic carbocycles. The van der Waals surface area contributed by atoms with Gasteiger partial charge >= 0.3 is 0 Å². The first-order valence-electron chi connectivity index (χ1n) is 6.17. The molecular weight excluding hydrogens is 182 g/mol. The lowest BCUT2D eigenvalue weighted by Crippen LogP contribution is -2.39. The van der Waals surface area contributed by atoms with E-state index in [0.717, 1.165) is 18.3 Å². The van der Waals surface area contributed by atoms with Crippen LogP contribution in [0.1, 0.15) is 53.4 Å². The molecule has 0 heterocycles. The van der Waals surface area contributed by atoms with Crippen LogP contribution in [0.4, 0.5) is 0 Å². The summed E-state index contributed by atoms with van der Waals surface area (Å²) in [5.74, 6) is 7.95. The van der Waals surface area contributed by atoms with E-state index in [4.69, 9.17) is 0 Å². The molecule has 1 rings (SSSR count).